The quantitative estimate of drug-likeness (QED) is 0.864. The Morgan fingerprint density at radius 3 is 2.60 bits per heavy atom. The molecular formula is C13H20N4O2S. The van der Waals surface area contributed by atoms with E-state index in [9.17, 15) is 9.59 Å². The third-order valence-corrected chi connectivity index (χ3v) is 4.33. The van der Waals surface area contributed by atoms with Crippen LogP contribution in [-0.4, -0.2) is 40.8 Å². The van der Waals surface area contributed by atoms with Crippen molar-refractivity contribution in [3.8, 4) is 0 Å². The van der Waals surface area contributed by atoms with Crippen molar-refractivity contribution in [3.63, 3.8) is 0 Å². The van der Waals surface area contributed by atoms with Crippen LogP contribution in [0.3, 0.4) is 0 Å². The highest BCUT2D eigenvalue weighted by atomic mass is 32.1. The average Bonchev–Trinajstić information content (AvgIpc) is 3.08. The monoisotopic (exact) mass is 296 g/mol. The number of thiazole rings is 1. The van der Waals surface area contributed by atoms with Crippen molar-refractivity contribution in [2.45, 2.75) is 38.8 Å². The lowest BCUT2D eigenvalue weighted by Crippen LogP contribution is -2.46. The first-order valence-corrected chi connectivity index (χ1v) is 7.67. The van der Waals surface area contributed by atoms with E-state index in [2.05, 4.69) is 10.3 Å². The van der Waals surface area contributed by atoms with Gasteiger partial charge in [0.05, 0.1) is 6.04 Å². The zero-order chi connectivity index (χ0) is 14.7. The number of hydrogen-bond acceptors (Lipinski definition) is 5. The molecule has 1 aromatic heterocycles. The van der Waals surface area contributed by atoms with Crippen molar-refractivity contribution in [1.29, 1.82) is 0 Å². The maximum atomic E-state index is 12.1. The van der Waals surface area contributed by atoms with Gasteiger partial charge in [0, 0.05) is 18.5 Å². The maximum Gasteiger partial charge on any atom is 0.271 e. The van der Waals surface area contributed by atoms with Crippen LogP contribution in [0.4, 0.5) is 0 Å². The Balaban J connectivity index is 1.94. The fourth-order valence-corrected chi connectivity index (χ4v) is 2.90. The second-order valence-corrected chi connectivity index (χ2v) is 5.98. The summed E-state index contributed by atoms with van der Waals surface area (Å²) in [7, 11) is 0. The number of carbonyl (C=O) groups excluding carboxylic acids is 2. The molecule has 110 valence electrons. The Morgan fingerprint density at radius 2 is 2.05 bits per heavy atom. The van der Waals surface area contributed by atoms with E-state index >= 15 is 0 Å². The van der Waals surface area contributed by atoms with E-state index in [1.807, 2.05) is 6.92 Å². The van der Waals surface area contributed by atoms with E-state index in [4.69, 9.17) is 5.73 Å². The van der Waals surface area contributed by atoms with Gasteiger partial charge in [-0.25, -0.2) is 4.98 Å². The van der Waals surface area contributed by atoms with Crippen molar-refractivity contribution in [2.24, 2.45) is 5.73 Å². The predicted octanol–water partition coefficient (Wildman–Crippen LogP) is 0.904. The minimum absolute atomic E-state index is 0.0292. The number of aromatic nitrogens is 1. The second-order valence-electron chi connectivity index (χ2n) is 5.09. The summed E-state index contributed by atoms with van der Waals surface area (Å²) in [6.07, 6.45) is 2.08. The van der Waals surface area contributed by atoms with E-state index in [1.165, 1.54) is 11.3 Å². The maximum absolute atomic E-state index is 12.1. The fourth-order valence-electron chi connectivity index (χ4n) is 2.14. The Bertz CT molecular complexity index is 494. The summed E-state index contributed by atoms with van der Waals surface area (Å²) >= 11 is 1.35. The van der Waals surface area contributed by atoms with Crippen LogP contribution in [-0.2, 0) is 4.79 Å². The van der Waals surface area contributed by atoms with Crippen molar-refractivity contribution >= 4 is 23.2 Å². The van der Waals surface area contributed by atoms with Crippen LogP contribution in [0, 0.1) is 0 Å². The molecule has 0 aliphatic carbocycles. The lowest BCUT2D eigenvalue weighted by Gasteiger charge is -2.20. The Labute approximate surface area is 122 Å². The standard InChI is InChI=1S/C13H20N4O2S/c1-8(14)12-16-10(7-20-12)11(18)15-9(2)13(19)17-5-3-4-6-17/h7-9H,3-6,14H2,1-2H3,(H,15,18). The summed E-state index contributed by atoms with van der Waals surface area (Å²) in [4.78, 5) is 30.1. The van der Waals surface area contributed by atoms with Gasteiger partial charge in [-0.05, 0) is 26.7 Å². The summed E-state index contributed by atoms with van der Waals surface area (Å²) in [5.74, 6) is -0.355. The van der Waals surface area contributed by atoms with Gasteiger partial charge in [0.2, 0.25) is 5.91 Å². The average molecular weight is 296 g/mol. The van der Waals surface area contributed by atoms with Crippen LogP contribution in [0.25, 0.3) is 0 Å². The molecule has 0 spiro atoms. The Morgan fingerprint density at radius 1 is 1.40 bits per heavy atom. The SMILES string of the molecule is CC(NC(=O)c1csc(C(C)N)n1)C(=O)N1CCCC1. The molecule has 0 radical (unpaired) electrons. The van der Waals surface area contributed by atoms with Crippen molar-refractivity contribution in [1.82, 2.24) is 15.2 Å². The number of likely N-dealkylation sites (tertiary alicyclic amines) is 1. The molecule has 2 atom stereocenters. The molecule has 2 rings (SSSR count). The van der Waals surface area contributed by atoms with Gasteiger partial charge in [-0.3, -0.25) is 9.59 Å². The second kappa shape index (κ2) is 6.32. The molecular weight excluding hydrogens is 276 g/mol. The van der Waals surface area contributed by atoms with Crippen molar-refractivity contribution in [2.75, 3.05) is 13.1 Å². The molecule has 3 N–H and O–H groups in total. The smallest absolute Gasteiger partial charge is 0.271 e. The van der Waals surface area contributed by atoms with Gasteiger partial charge in [0.25, 0.3) is 5.91 Å². The molecule has 1 aromatic rings. The third kappa shape index (κ3) is 3.34. The number of nitrogens with zero attached hydrogens (tertiary/aromatic N) is 2. The molecule has 1 fully saturated rings. The van der Waals surface area contributed by atoms with E-state index in [0.717, 1.165) is 25.9 Å². The Hall–Kier alpha value is -1.47. The molecule has 1 aliphatic rings. The molecule has 0 aromatic carbocycles. The zero-order valence-electron chi connectivity index (χ0n) is 11.8. The number of rotatable bonds is 4. The van der Waals surface area contributed by atoms with E-state index in [1.54, 1.807) is 17.2 Å². The summed E-state index contributed by atoms with van der Waals surface area (Å²) in [5.41, 5.74) is 6.04. The third-order valence-electron chi connectivity index (χ3n) is 3.28. The molecule has 20 heavy (non-hydrogen) atoms. The zero-order valence-corrected chi connectivity index (χ0v) is 12.6. The molecule has 2 amide bonds. The summed E-state index contributed by atoms with van der Waals surface area (Å²) in [6, 6.07) is -0.716. The first-order valence-electron chi connectivity index (χ1n) is 6.79. The summed E-state index contributed by atoms with van der Waals surface area (Å²) in [6.45, 7) is 5.09. The van der Waals surface area contributed by atoms with Gasteiger partial charge in [0.15, 0.2) is 0 Å². The largest absolute Gasteiger partial charge is 0.341 e. The highest BCUT2D eigenvalue weighted by Crippen LogP contribution is 2.16. The minimum atomic E-state index is -0.527. The minimum Gasteiger partial charge on any atom is -0.341 e. The summed E-state index contributed by atoms with van der Waals surface area (Å²) in [5, 5.41) is 5.08. The van der Waals surface area contributed by atoms with Gasteiger partial charge >= 0.3 is 0 Å². The van der Waals surface area contributed by atoms with Crippen molar-refractivity contribution in [3.05, 3.63) is 16.1 Å². The first-order chi connectivity index (χ1) is 9.49. The molecule has 0 saturated carbocycles. The molecule has 6 nitrogen and oxygen atoms in total. The molecule has 1 aliphatic heterocycles. The van der Waals surface area contributed by atoms with Crippen molar-refractivity contribution < 1.29 is 9.59 Å². The van der Waals surface area contributed by atoms with Gasteiger partial charge in [-0.1, -0.05) is 0 Å². The number of nitrogens with one attached hydrogen (secondary N) is 1. The number of hydrogen-bond donors (Lipinski definition) is 2. The van der Waals surface area contributed by atoms with Crippen LogP contribution in [0.1, 0.15) is 48.2 Å². The van der Waals surface area contributed by atoms with E-state index in [0.29, 0.717) is 10.7 Å². The first kappa shape index (κ1) is 14.9. The van der Waals surface area contributed by atoms with Gasteiger partial charge < -0.3 is 16.0 Å². The molecule has 0 bridgehead atoms. The topological polar surface area (TPSA) is 88.3 Å². The number of carbonyl (C=O) groups is 2. The number of nitrogens with two attached hydrogens (primary N) is 1. The molecule has 2 heterocycles. The summed E-state index contributed by atoms with van der Waals surface area (Å²) < 4.78 is 0. The van der Waals surface area contributed by atoms with E-state index in [-0.39, 0.29) is 17.9 Å². The van der Waals surface area contributed by atoms with E-state index < -0.39 is 6.04 Å². The molecule has 1 saturated heterocycles. The van der Waals surface area contributed by atoms with Crippen LogP contribution in [0.5, 0.6) is 0 Å². The fraction of sp³-hybridized carbons (Fsp3) is 0.615. The number of amides is 2. The Kier molecular flexibility index (Phi) is 4.72. The highest BCUT2D eigenvalue weighted by molar-refractivity contribution is 7.09. The predicted molar refractivity (Wildman–Crippen MR) is 77.5 cm³/mol. The van der Waals surface area contributed by atoms with Gasteiger partial charge in [-0.15, -0.1) is 11.3 Å². The van der Waals surface area contributed by atoms with Gasteiger partial charge in [-0.2, -0.15) is 0 Å². The molecule has 2 unspecified atom stereocenters. The van der Waals surface area contributed by atoms with Crippen LogP contribution < -0.4 is 11.1 Å². The van der Waals surface area contributed by atoms with Crippen LogP contribution >= 0.6 is 11.3 Å². The molecule has 7 heteroatoms. The lowest BCUT2D eigenvalue weighted by atomic mass is 10.2. The van der Waals surface area contributed by atoms with Crippen LogP contribution in [0.2, 0.25) is 0 Å². The van der Waals surface area contributed by atoms with Crippen LogP contribution in [0.15, 0.2) is 5.38 Å². The van der Waals surface area contributed by atoms with Gasteiger partial charge in [0.1, 0.15) is 16.7 Å². The normalized spacial score (nSPS) is 17.9. The highest BCUT2D eigenvalue weighted by Gasteiger charge is 2.25. The lowest BCUT2D eigenvalue weighted by molar-refractivity contribution is -0.131.